The molecule has 22 heavy (non-hydrogen) atoms. The first-order valence-corrected chi connectivity index (χ1v) is 7.30. The van der Waals surface area contributed by atoms with E-state index in [1.165, 1.54) is 0 Å². The van der Waals surface area contributed by atoms with Gasteiger partial charge in [-0.1, -0.05) is 30.3 Å². The molecule has 1 aliphatic rings. The molecule has 1 heterocycles. The summed E-state index contributed by atoms with van der Waals surface area (Å²) in [7, 11) is 0. The van der Waals surface area contributed by atoms with Crippen molar-refractivity contribution in [3.63, 3.8) is 0 Å². The van der Waals surface area contributed by atoms with E-state index in [2.05, 4.69) is 0 Å². The van der Waals surface area contributed by atoms with E-state index in [0.29, 0.717) is 6.42 Å². The molecule has 1 aromatic rings. The summed E-state index contributed by atoms with van der Waals surface area (Å²) in [6, 6.07) is 9.25. The molecule has 0 aliphatic carbocycles. The second-order valence-electron chi connectivity index (χ2n) is 4.99. The molecule has 2 amide bonds. The SMILES string of the molecule is CCOC(=O)CCC(=O)N1C(=O)OCC1Cc1ccccc1. The minimum absolute atomic E-state index is 0.0332. The van der Waals surface area contributed by atoms with Gasteiger partial charge in [0.25, 0.3) is 0 Å². The zero-order valence-electron chi connectivity index (χ0n) is 12.5. The molecule has 0 aromatic heterocycles. The van der Waals surface area contributed by atoms with Gasteiger partial charge in [0.2, 0.25) is 5.91 Å². The fourth-order valence-electron chi connectivity index (χ4n) is 2.37. The highest BCUT2D eigenvalue weighted by Crippen LogP contribution is 2.19. The summed E-state index contributed by atoms with van der Waals surface area (Å²) in [6.07, 6.45) is -0.194. The van der Waals surface area contributed by atoms with Gasteiger partial charge in [0.15, 0.2) is 0 Å². The second-order valence-corrected chi connectivity index (χ2v) is 4.99. The fourth-order valence-corrected chi connectivity index (χ4v) is 2.37. The van der Waals surface area contributed by atoms with E-state index in [4.69, 9.17) is 9.47 Å². The number of rotatable bonds is 6. The quantitative estimate of drug-likeness (QED) is 0.751. The van der Waals surface area contributed by atoms with Gasteiger partial charge in [-0.25, -0.2) is 9.69 Å². The van der Waals surface area contributed by atoms with Crippen LogP contribution in [0.15, 0.2) is 30.3 Å². The van der Waals surface area contributed by atoms with Gasteiger partial charge in [-0.15, -0.1) is 0 Å². The Hall–Kier alpha value is -2.37. The Morgan fingerprint density at radius 1 is 1.27 bits per heavy atom. The van der Waals surface area contributed by atoms with E-state index in [1.807, 2.05) is 30.3 Å². The van der Waals surface area contributed by atoms with Crippen LogP contribution in [-0.2, 0) is 25.5 Å². The van der Waals surface area contributed by atoms with E-state index in [1.54, 1.807) is 6.92 Å². The summed E-state index contributed by atoms with van der Waals surface area (Å²) in [6.45, 7) is 2.15. The molecule has 1 saturated heterocycles. The molecule has 1 fully saturated rings. The van der Waals surface area contributed by atoms with Crippen molar-refractivity contribution in [3.05, 3.63) is 35.9 Å². The molecule has 0 saturated carbocycles. The van der Waals surface area contributed by atoms with Crippen molar-refractivity contribution in [3.8, 4) is 0 Å². The molecule has 2 rings (SSSR count). The number of esters is 1. The van der Waals surface area contributed by atoms with Crippen molar-refractivity contribution in [2.75, 3.05) is 13.2 Å². The van der Waals surface area contributed by atoms with E-state index in [0.717, 1.165) is 10.5 Å². The lowest BCUT2D eigenvalue weighted by atomic mass is 10.1. The predicted molar refractivity (Wildman–Crippen MR) is 78.0 cm³/mol. The molecule has 0 spiro atoms. The molecule has 118 valence electrons. The Morgan fingerprint density at radius 2 is 2.00 bits per heavy atom. The minimum atomic E-state index is -0.644. The van der Waals surface area contributed by atoms with Crippen LogP contribution in [0.2, 0.25) is 0 Å². The van der Waals surface area contributed by atoms with Crippen molar-refractivity contribution < 1.29 is 23.9 Å². The van der Waals surface area contributed by atoms with E-state index in [-0.39, 0.29) is 32.1 Å². The summed E-state index contributed by atoms with van der Waals surface area (Å²) in [5, 5.41) is 0. The van der Waals surface area contributed by atoms with Gasteiger partial charge < -0.3 is 9.47 Å². The lowest BCUT2D eigenvalue weighted by Gasteiger charge is -2.19. The summed E-state index contributed by atoms with van der Waals surface area (Å²) in [5.74, 6) is -0.848. The monoisotopic (exact) mass is 305 g/mol. The highest BCUT2D eigenvalue weighted by molar-refractivity contribution is 5.94. The van der Waals surface area contributed by atoms with Crippen LogP contribution in [0.1, 0.15) is 25.3 Å². The number of carbonyl (C=O) groups excluding carboxylic acids is 3. The highest BCUT2D eigenvalue weighted by atomic mass is 16.6. The number of hydrogen-bond acceptors (Lipinski definition) is 5. The fraction of sp³-hybridized carbons (Fsp3) is 0.438. The van der Waals surface area contributed by atoms with Crippen molar-refractivity contribution in [2.45, 2.75) is 32.2 Å². The number of carbonyl (C=O) groups is 3. The van der Waals surface area contributed by atoms with Crippen LogP contribution in [-0.4, -0.2) is 42.1 Å². The molecule has 1 aliphatic heterocycles. The van der Waals surface area contributed by atoms with Gasteiger partial charge >= 0.3 is 12.1 Å². The van der Waals surface area contributed by atoms with Crippen LogP contribution in [0.5, 0.6) is 0 Å². The molecule has 1 atom stereocenters. The average molecular weight is 305 g/mol. The van der Waals surface area contributed by atoms with Crippen molar-refractivity contribution in [2.24, 2.45) is 0 Å². The Kier molecular flexibility index (Phi) is 5.52. The third-order valence-corrected chi connectivity index (χ3v) is 3.39. The zero-order valence-corrected chi connectivity index (χ0v) is 12.5. The maximum absolute atomic E-state index is 12.2. The van der Waals surface area contributed by atoms with Crippen LogP contribution in [0.3, 0.4) is 0 Å². The van der Waals surface area contributed by atoms with Gasteiger partial charge in [-0.2, -0.15) is 0 Å². The van der Waals surface area contributed by atoms with Crippen molar-refractivity contribution in [1.82, 2.24) is 4.90 Å². The topological polar surface area (TPSA) is 72.9 Å². The number of benzene rings is 1. The summed E-state index contributed by atoms with van der Waals surface area (Å²) >= 11 is 0. The maximum atomic E-state index is 12.2. The van der Waals surface area contributed by atoms with Gasteiger partial charge in [-0.05, 0) is 18.9 Å². The van der Waals surface area contributed by atoms with Crippen LogP contribution in [0, 0.1) is 0 Å². The number of cyclic esters (lactones) is 1. The lowest BCUT2D eigenvalue weighted by Crippen LogP contribution is -2.40. The number of hydrogen-bond donors (Lipinski definition) is 0. The second kappa shape index (κ2) is 7.59. The highest BCUT2D eigenvalue weighted by Gasteiger charge is 2.37. The molecular formula is C16H19NO5. The Bertz CT molecular complexity index is 543. The summed E-state index contributed by atoms with van der Waals surface area (Å²) in [4.78, 5) is 36.4. The Labute approximate surface area is 129 Å². The number of nitrogens with zero attached hydrogens (tertiary/aromatic N) is 1. The summed E-state index contributed by atoms with van der Waals surface area (Å²) in [5.41, 5.74) is 1.02. The smallest absolute Gasteiger partial charge is 0.416 e. The molecule has 6 heteroatoms. The van der Waals surface area contributed by atoms with Crippen LogP contribution < -0.4 is 0 Å². The molecule has 0 N–H and O–H groups in total. The van der Waals surface area contributed by atoms with E-state index < -0.39 is 18.0 Å². The number of amides is 2. The van der Waals surface area contributed by atoms with Gasteiger partial charge in [0, 0.05) is 6.42 Å². The number of imide groups is 1. The van der Waals surface area contributed by atoms with Crippen molar-refractivity contribution >= 4 is 18.0 Å². The van der Waals surface area contributed by atoms with E-state index >= 15 is 0 Å². The minimum Gasteiger partial charge on any atom is -0.466 e. The third-order valence-electron chi connectivity index (χ3n) is 3.39. The maximum Gasteiger partial charge on any atom is 0.416 e. The summed E-state index contributed by atoms with van der Waals surface area (Å²) < 4.78 is 9.75. The molecule has 1 unspecified atom stereocenters. The first-order chi connectivity index (χ1) is 10.6. The number of ether oxygens (including phenoxy) is 2. The van der Waals surface area contributed by atoms with Gasteiger partial charge in [-0.3, -0.25) is 9.59 Å². The van der Waals surface area contributed by atoms with Gasteiger partial charge in [0.1, 0.15) is 6.61 Å². The largest absolute Gasteiger partial charge is 0.466 e. The molecular weight excluding hydrogens is 286 g/mol. The Balaban J connectivity index is 1.95. The van der Waals surface area contributed by atoms with Crippen LogP contribution in [0.4, 0.5) is 4.79 Å². The zero-order chi connectivity index (χ0) is 15.9. The molecule has 0 bridgehead atoms. The predicted octanol–water partition coefficient (Wildman–Crippen LogP) is 1.92. The Morgan fingerprint density at radius 3 is 2.68 bits per heavy atom. The van der Waals surface area contributed by atoms with Crippen molar-refractivity contribution in [1.29, 1.82) is 0 Å². The molecule has 1 aromatic carbocycles. The molecule has 6 nitrogen and oxygen atoms in total. The van der Waals surface area contributed by atoms with Gasteiger partial charge in [0.05, 0.1) is 19.1 Å². The van der Waals surface area contributed by atoms with Crippen LogP contribution in [0.25, 0.3) is 0 Å². The third kappa shape index (κ3) is 4.07. The molecule has 0 radical (unpaired) electrons. The first-order valence-electron chi connectivity index (χ1n) is 7.30. The van der Waals surface area contributed by atoms with E-state index in [9.17, 15) is 14.4 Å². The lowest BCUT2D eigenvalue weighted by molar-refractivity contribution is -0.145. The van der Waals surface area contributed by atoms with Crippen LogP contribution >= 0.6 is 0 Å². The average Bonchev–Trinajstić information content (AvgIpc) is 2.87. The first kappa shape index (κ1) is 16.0. The normalized spacial score (nSPS) is 17.2. The standard InChI is InChI=1S/C16H19NO5/c1-2-21-15(19)9-8-14(18)17-13(11-22-16(17)20)10-12-6-4-3-5-7-12/h3-7,13H,2,8-11H2,1H3.